The first-order valence-electron chi connectivity index (χ1n) is 11.9. The van der Waals surface area contributed by atoms with Crippen LogP contribution in [0.2, 0.25) is 0 Å². The van der Waals surface area contributed by atoms with Gasteiger partial charge in [0.2, 0.25) is 0 Å². The van der Waals surface area contributed by atoms with E-state index >= 15 is 0 Å². The van der Waals surface area contributed by atoms with Crippen LogP contribution in [0.4, 0.5) is 22.0 Å². The highest BCUT2D eigenvalue weighted by molar-refractivity contribution is 7.93. The molecule has 2 aromatic heterocycles. The molecule has 2 fully saturated rings. The molecule has 1 amide bonds. The molecule has 39 heavy (non-hydrogen) atoms. The predicted molar refractivity (Wildman–Crippen MR) is 128 cm³/mol. The molecular weight excluding hydrogens is 551 g/mol. The quantitative estimate of drug-likeness (QED) is 0.445. The van der Waals surface area contributed by atoms with Crippen LogP contribution in [0.3, 0.4) is 0 Å². The van der Waals surface area contributed by atoms with Crippen molar-refractivity contribution in [2.75, 3.05) is 18.1 Å². The minimum absolute atomic E-state index is 0.0509. The van der Waals surface area contributed by atoms with E-state index in [0.29, 0.717) is 5.56 Å². The fraction of sp³-hybridized carbons (Fsp3) is 0.458. The monoisotopic (exact) mass is 574 g/mol. The van der Waals surface area contributed by atoms with E-state index in [1.165, 1.54) is 35.1 Å². The molecule has 4 heterocycles. The molecule has 2 aliphatic heterocycles. The van der Waals surface area contributed by atoms with Gasteiger partial charge in [-0.3, -0.25) is 14.5 Å². The van der Waals surface area contributed by atoms with Crippen LogP contribution in [0, 0.1) is 0 Å². The normalized spacial score (nSPS) is 22.4. The third-order valence-electron chi connectivity index (χ3n) is 6.60. The van der Waals surface area contributed by atoms with Crippen molar-refractivity contribution >= 4 is 26.8 Å². The van der Waals surface area contributed by atoms with E-state index in [4.69, 9.17) is 4.74 Å². The Morgan fingerprint density at radius 1 is 1.26 bits per heavy atom. The van der Waals surface area contributed by atoms with Crippen LogP contribution < -0.4 is 10.1 Å². The Labute approximate surface area is 219 Å². The first-order valence-corrected chi connectivity index (χ1v) is 13.7. The Morgan fingerprint density at radius 2 is 2.00 bits per heavy atom. The van der Waals surface area contributed by atoms with Gasteiger partial charge in [-0.05, 0) is 31.5 Å². The van der Waals surface area contributed by atoms with Gasteiger partial charge in [-0.1, -0.05) is 12.1 Å². The van der Waals surface area contributed by atoms with Crippen LogP contribution in [0.1, 0.15) is 36.2 Å². The summed E-state index contributed by atoms with van der Waals surface area (Å²) in [5.74, 6) is -1.19. The van der Waals surface area contributed by atoms with Crippen LogP contribution in [0.25, 0.3) is 22.3 Å². The SMILES string of the molecule is CC1(NC(=O)c2cnc3c(-c4cccc(OC(F)F)c4)nn(C4CCO[C@@H](C(F)(F)F)C4)c3c2)CS(=O)(=O)C1. The molecule has 1 N–H and O–H groups in total. The van der Waals surface area contributed by atoms with Gasteiger partial charge in [0.05, 0.1) is 34.2 Å². The lowest BCUT2D eigenvalue weighted by Crippen LogP contribution is -2.63. The van der Waals surface area contributed by atoms with Gasteiger partial charge in [0.1, 0.15) is 17.0 Å². The minimum atomic E-state index is -4.59. The molecule has 0 bridgehead atoms. The molecule has 0 radical (unpaired) electrons. The largest absolute Gasteiger partial charge is 0.435 e. The number of halogens is 5. The van der Waals surface area contributed by atoms with Crippen LogP contribution in [0.15, 0.2) is 36.5 Å². The van der Waals surface area contributed by atoms with Crippen molar-refractivity contribution in [1.82, 2.24) is 20.1 Å². The van der Waals surface area contributed by atoms with Gasteiger partial charge in [-0.25, -0.2) is 8.42 Å². The standard InChI is InChI=1S/C24H23F5N4O5S/c1-23(11-39(35,36)12-23)31-21(34)14-8-17-20(30-10-14)19(13-3-2-4-16(7-13)38-22(25)26)32-33(17)15-5-6-37-18(9-15)24(27,28)29/h2-4,7-8,10,15,18,22H,5-6,9,11-12H2,1H3,(H,31,34)/t15?,18-/m1/s1. The molecule has 0 saturated carbocycles. The summed E-state index contributed by atoms with van der Waals surface area (Å²) in [4.78, 5) is 17.3. The summed E-state index contributed by atoms with van der Waals surface area (Å²) in [7, 11) is -3.23. The topological polar surface area (TPSA) is 112 Å². The zero-order valence-electron chi connectivity index (χ0n) is 20.4. The fourth-order valence-corrected chi connectivity index (χ4v) is 7.01. The number of benzene rings is 1. The number of sulfone groups is 1. The molecule has 3 aromatic rings. The van der Waals surface area contributed by atoms with Gasteiger partial charge in [-0.2, -0.15) is 27.1 Å². The smallest absolute Gasteiger partial charge is 0.414 e. The van der Waals surface area contributed by atoms with E-state index in [2.05, 4.69) is 20.1 Å². The van der Waals surface area contributed by atoms with Crippen LogP contribution in [-0.2, 0) is 14.6 Å². The number of rotatable bonds is 6. The highest BCUT2D eigenvalue weighted by atomic mass is 32.2. The van der Waals surface area contributed by atoms with Crippen molar-refractivity contribution in [2.24, 2.45) is 0 Å². The van der Waals surface area contributed by atoms with Crippen molar-refractivity contribution in [3.05, 3.63) is 42.1 Å². The summed E-state index contributed by atoms with van der Waals surface area (Å²) in [6, 6.07) is 6.30. The Bertz CT molecular complexity index is 1510. The maximum atomic E-state index is 13.4. The summed E-state index contributed by atoms with van der Waals surface area (Å²) in [6.45, 7) is -1.65. The second-order valence-electron chi connectivity index (χ2n) is 9.92. The molecule has 0 spiro atoms. The molecule has 5 rings (SSSR count). The van der Waals surface area contributed by atoms with Crippen molar-refractivity contribution in [3.63, 3.8) is 0 Å². The highest BCUT2D eigenvalue weighted by Crippen LogP contribution is 2.38. The number of carbonyl (C=O) groups is 1. The number of fused-ring (bicyclic) bond motifs is 1. The zero-order valence-corrected chi connectivity index (χ0v) is 21.2. The molecule has 1 aromatic carbocycles. The second-order valence-corrected chi connectivity index (χ2v) is 12.0. The first-order chi connectivity index (χ1) is 18.2. The predicted octanol–water partition coefficient (Wildman–Crippen LogP) is 3.90. The van der Waals surface area contributed by atoms with E-state index in [-0.39, 0.29) is 52.6 Å². The number of ether oxygens (including phenoxy) is 2. The average molecular weight is 575 g/mol. The zero-order chi connectivity index (χ0) is 28.2. The van der Waals surface area contributed by atoms with E-state index in [0.717, 1.165) is 0 Å². The Balaban J connectivity index is 1.56. The van der Waals surface area contributed by atoms with Crippen molar-refractivity contribution in [1.29, 1.82) is 0 Å². The Hall–Kier alpha value is -3.33. The minimum Gasteiger partial charge on any atom is -0.435 e. The van der Waals surface area contributed by atoms with Gasteiger partial charge in [0.25, 0.3) is 5.91 Å². The summed E-state index contributed by atoms with van der Waals surface area (Å²) in [5, 5.41) is 7.19. The van der Waals surface area contributed by atoms with E-state index in [1.54, 1.807) is 13.0 Å². The average Bonchev–Trinajstić information content (AvgIpc) is 3.21. The molecule has 2 aliphatic rings. The molecule has 0 aliphatic carbocycles. The van der Waals surface area contributed by atoms with Crippen molar-refractivity contribution < 1.29 is 44.6 Å². The Morgan fingerprint density at radius 3 is 2.67 bits per heavy atom. The molecule has 2 atom stereocenters. The number of alkyl halides is 5. The van der Waals surface area contributed by atoms with Gasteiger partial charge < -0.3 is 14.8 Å². The van der Waals surface area contributed by atoms with E-state index in [9.17, 15) is 35.2 Å². The van der Waals surface area contributed by atoms with Gasteiger partial charge >= 0.3 is 12.8 Å². The lowest BCUT2D eigenvalue weighted by Gasteiger charge is -2.38. The summed E-state index contributed by atoms with van der Waals surface area (Å²) < 4.78 is 99.8. The number of nitrogens with zero attached hydrogens (tertiary/aromatic N) is 3. The summed E-state index contributed by atoms with van der Waals surface area (Å²) in [5.41, 5.74) is 0.0967. The number of hydrogen-bond acceptors (Lipinski definition) is 7. The summed E-state index contributed by atoms with van der Waals surface area (Å²) in [6.07, 6.45) is -5.59. The maximum absolute atomic E-state index is 13.4. The molecule has 1 unspecified atom stereocenters. The van der Waals surface area contributed by atoms with E-state index in [1.807, 2.05) is 0 Å². The molecular formula is C24H23F5N4O5S. The molecule has 2 saturated heterocycles. The number of aromatic nitrogens is 3. The number of nitrogens with one attached hydrogen (secondary N) is 1. The lowest BCUT2D eigenvalue weighted by atomic mass is 10.0. The Kier molecular flexibility index (Phi) is 6.77. The van der Waals surface area contributed by atoms with Gasteiger partial charge in [0, 0.05) is 24.8 Å². The third-order valence-corrected chi connectivity index (χ3v) is 8.75. The number of pyridine rings is 1. The van der Waals surface area contributed by atoms with Crippen LogP contribution in [-0.4, -0.2) is 71.6 Å². The van der Waals surface area contributed by atoms with Crippen LogP contribution in [0.5, 0.6) is 5.75 Å². The van der Waals surface area contributed by atoms with Crippen molar-refractivity contribution in [2.45, 2.75) is 50.2 Å². The fourth-order valence-electron chi connectivity index (χ4n) is 5.01. The maximum Gasteiger partial charge on any atom is 0.414 e. The number of hydrogen-bond donors (Lipinski definition) is 1. The lowest BCUT2D eigenvalue weighted by molar-refractivity contribution is -0.234. The second kappa shape index (κ2) is 9.70. The number of carbonyl (C=O) groups excluding carboxylic acids is 1. The number of amides is 1. The van der Waals surface area contributed by atoms with E-state index < -0.39 is 52.6 Å². The molecule has 15 heteroatoms. The molecule has 9 nitrogen and oxygen atoms in total. The summed E-state index contributed by atoms with van der Waals surface area (Å²) >= 11 is 0. The molecule has 210 valence electrons. The first kappa shape index (κ1) is 27.2. The van der Waals surface area contributed by atoms with Gasteiger partial charge in [0.15, 0.2) is 15.9 Å². The van der Waals surface area contributed by atoms with Gasteiger partial charge in [-0.15, -0.1) is 0 Å². The highest BCUT2D eigenvalue weighted by Gasteiger charge is 2.46. The third kappa shape index (κ3) is 5.69. The van der Waals surface area contributed by atoms with Crippen molar-refractivity contribution in [3.8, 4) is 17.0 Å². The van der Waals surface area contributed by atoms with Crippen LogP contribution >= 0.6 is 0 Å².